The third-order valence-corrected chi connectivity index (χ3v) is 3.05. The highest BCUT2D eigenvalue weighted by molar-refractivity contribution is 6.30. The molecular weight excluding hydrogens is 276 g/mol. The van der Waals surface area contributed by atoms with Gasteiger partial charge in [0, 0.05) is 11.1 Å². The second-order valence-electron chi connectivity index (χ2n) is 4.16. The van der Waals surface area contributed by atoms with Crippen molar-refractivity contribution in [2.24, 2.45) is 0 Å². The summed E-state index contributed by atoms with van der Waals surface area (Å²) >= 11 is 11.5. The van der Waals surface area contributed by atoms with E-state index in [2.05, 4.69) is 10.2 Å². The summed E-state index contributed by atoms with van der Waals surface area (Å²) in [5, 5.41) is 8.34. The normalized spacial score (nSPS) is 11.2. The topological polar surface area (TPSA) is 30.7 Å². The van der Waals surface area contributed by atoms with Gasteiger partial charge in [0.2, 0.25) is 0 Å². The fourth-order valence-corrected chi connectivity index (χ4v) is 2.15. The molecule has 3 nitrogen and oxygen atoms in total. The smallest absolute Gasteiger partial charge is 0.167 e. The molecule has 0 fully saturated rings. The lowest BCUT2D eigenvalue weighted by molar-refractivity contribution is 0.579. The summed E-state index contributed by atoms with van der Waals surface area (Å²) in [6.45, 7) is 3.94. The minimum absolute atomic E-state index is 0.0961. The van der Waals surface area contributed by atoms with E-state index in [4.69, 9.17) is 23.2 Å². The maximum atomic E-state index is 13.9. The zero-order chi connectivity index (χ0) is 13.3. The van der Waals surface area contributed by atoms with Gasteiger partial charge < -0.3 is 4.57 Å². The van der Waals surface area contributed by atoms with Crippen molar-refractivity contribution < 1.29 is 4.39 Å². The number of aromatic nitrogens is 3. The number of nitrogens with zero attached hydrogens (tertiary/aromatic N) is 3. The molecule has 0 saturated heterocycles. The molecule has 0 unspecified atom stereocenters. The van der Waals surface area contributed by atoms with E-state index >= 15 is 0 Å². The van der Waals surface area contributed by atoms with Crippen molar-refractivity contribution in [3.05, 3.63) is 34.9 Å². The Hall–Kier alpha value is -1.13. The van der Waals surface area contributed by atoms with E-state index in [1.54, 1.807) is 12.1 Å². The van der Waals surface area contributed by atoms with E-state index in [0.717, 1.165) is 0 Å². The van der Waals surface area contributed by atoms with Gasteiger partial charge in [-0.3, -0.25) is 0 Å². The molecule has 0 amide bonds. The quantitative estimate of drug-likeness (QED) is 0.797. The predicted molar refractivity (Wildman–Crippen MR) is 70.4 cm³/mol. The van der Waals surface area contributed by atoms with Crippen LogP contribution in [0.1, 0.15) is 25.7 Å². The van der Waals surface area contributed by atoms with E-state index in [-0.39, 0.29) is 11.9 Å². The molecule has 0 radical (unpaired) electrons. The minimum atomic E-state index is -0.419. The highest BCUT2D eigenvalue weighted by Gasteiger charge is 2.18. The number of hydrogen-bond acceptors (Lipinski definition) is 2. The molecule has 2 aromatic rings. The molecule has 96 valence electrons. The van der Waals surface area contributed by atoms with Crippen LogP contribution in [-0.4, -0.2) is 14.8 Å². The van der Waals surface area contributed by atoms with Crippen molar-refractivity contribution in [3.8, 4) is 11.4 Å². The maximum absolute atomic E-state index is 13.9. The first kappa shape index (κ1) is 13.3. The molecule has 0 aliphatic rings. The molecule has 0 N–H and O–H groups in total. The van der Waals surface area contributed by atoms with Gasteiger partial charge in [-0.15, -0.1) is 21.8 Å². The van der Waals surface area contributed by atoms with Crippen LogP contribution < -0.4 is 0 Å². The maximum Gasteiger partial charge on any atom is 0.167 e. The van der Waals surface area contributed by atoms with Gasteiger partial charge in [0.1, 0.15) is 11.6 Å². The Morgan fingerprint density at radius 2 is 2.06 bits per heavy atom. The number of alkyl halides is 1. The second kappa shape index (κ2) is 5.24. The third-order valence-electron chi connectivity index (χ3n) is 2.57. The summed E-state index contributed by atoms with van der Waals surface area (Å²) in [5.74, 6) is 0.907. The van der Waals surface area contributed by atoms with Crippen LogP contribution >= 0.6 is 23.2 Å². The van der Waals surface area contributed by atoms with Crippen LogP contribution in [0.3, 0.4) is 0 Å². The highest BCUT2D eigenvalue weighted by atomic mass is 35.5. The number of halogens is 3. The van der Waals surface area contributed by atoms with Crippen LogP contribution in [0.25, 0.3) is 11.4 Å². The molecule has 1 aromatic heterocycles. The van der Waals surface area contributed by atoms with Crippen LogP contribution in [0.2, 0.25) is 5.02 Å². The third kappa shape index (κ3) is 2.35. The molecule has 6 heteroatoms. The molecule has 1 aromatic carbocycles. The Bertz CT molecular complexity index is 566. The van der Waals surface area contributed by atoms with Crippen LogP contribution in [-0.2, 0) is 5.88 Å². The molecule has 0 aliphatic carbocycles. The van der Waals surface area contributed by atoms with E-state index in [0.29, 0.717) is 22.2 Å². The Labute approximate surface area is 115 Å². The van der Waals surface area contributed by atoms with Crippen molar-refractivity contribution in [1.82, 2.24) is 14.8 Å². The Balaban J connectivity index is 2.60. The molecular formula is C12H12Cl2FN3. The van der Waals surface area contributed by atoms with Gasteiger partial charge in [-0.1, -0.05) is 11.6 Å². The van der Waals surface area contributed by atoms with E-state index < -0.39 is 5.82 Å². The van der Waals surface area contributed by atoms with E-state index in [1.807, 2.05) is 18.4 Å². The number of rotatable bonds is 3. The zero-order valence-electron chi connectivity index (χ0n) is 9.99. The monoisotopic (exact) mass is 287 g/mol. The lowest BCUT2D eigenvalue weighted by Crippen LogP contribution is -2.07. The molecule has 1 heterocycles. The number of benzene rings is 1. The molecule has 18 heavy (non-hydrogen) atoms. The summed E-state index contributed by atoms with van der Waals surface area (Å²) in [7, 11) is 0. The van der Waals surface area contributed by atoms with Gasteiger partial charge >= 0.3 is 0 Å². The summed E-state index contributed by atoms with van der Waals surface area (Å²) in [4.78, 5) is 0. The van der Waals surface area contributed by atoms with Gasteiger partial charge in [0.25, 0.3) is 0 Å². The van der Waals surface area contributed by atoms with Crippen LogP contribution in [0.4, 0.5) is 4.39 Å². The minimum Gasteiger partial charge on any atom is -0.307 e. The SMILES string of the molecule is CC(C)n1c(CCl)nnc1-c1ccc(Cl)cc1F. The van der Waals surface area contributed by atoms with Crippen molar-refractivity contribution in [2.75, 3.05) is 0 Å². The van der Waals surface area contributed by atoms with Crippen molar-refractivity contribution in [3.63, 3.8) is 0 Å². The molecule has 0 atom stereocenters. The summed E-state index contributed by atoms with van der Waals surface area (Å²) in [5.41, 5.74) is 0.372. The van der Waals surface area contributed by atoms with Crippen LogP contribution in [0.5, 0.6) is 0 Å². The average Bonchev–Trinajstić information content (AvgIpc) is 2.72. The van der Waals surface area contributed by atoms with Gasteiger partial charge in [0.05, 0.1) is 11.4 Å². The molecule has 0 spiro atoms. The molecule has 2 rings (SSSR count). The zero-order valence-corrected chi connectivity index (χ0v) is 11.5. The average molecular weight is 288 g/mol. The predicted octanol–water partition coefficient (Wildman–Crippen LogP) is 4.06. The summed E-state index contributed by atoms with van der Waals surface area (Å²) in [6.07, 6.45) is 0. The van der Waals surface area contributed by atoms with E-state index in [9.17, 15) is 4.39 Å². The fourth-order valence-electron chi connectivity index (χ4n) is 1.81. The van der Waals surface area contributed by atoms with Gasteiger partial charge in [-0.05, 0) is 32.0 Å². The standard InChI is InChI=1S/C12H12Cl2FN3/c1-7(2)18-11(6-13)16-17-12(18)9-4-3-8(14)5-10(9)15/h3-5,7H,6H2,1-2H3. The molecule has 0 aliphatic heterocycles. The first-order chi connectivity index (χ1) is 8.54. The van der Waals surface area contributed by atoms with E-state index in [1.165, 1.54) is 6.07 Å². The lowest BCUT2D eigenvalue weighted by Gasteiger charge is -2.13. The largest absolute Gasteiger partial charge is 0.307 e. The fraction of sp³-hybridized carbons (Fsp3) is 0.333. The first-order valence-corrected chi connectivity index (χ1v) is 6.41. The Morgan fingerprint density at radius 3 is 2.61 bits per heavy atom. The van der Waals surface area contributed by atoms with Crippen molar-refractivity contribution in [2.45, 2.75) is 25.8 Å². The first-order valence-electron chi connectivity index (χ1n) is 5.49. The summed E-state index contributed by atoms with van der Waals surface area (Å²) < 4.78 is 15.7. The van der Waals surface area contributed by atoms with Crippen LogP contribution in [0.15, 0.2) is 18.2 Å². The second-order valence-corrected chi connectivity index (χ2v) is 4.87. The van der Waals surface area contributed by atoms with Gasteiger partial charge in [-0.25, -0.2) is 4.39 Å². The Kier molecular flexibility index (Phi) is 3.88. The van der Waals surface area contributed by atoms with Crippen LogP contribution in [0, 0.1) is 5.82 Å². The van der Waals surface area contributed by atoms with Crippen molar-refractivity contribution >= 4 is 23.2 Å². The highest BCUT2D eigenvalue weighted by Crippen LogP contribution is 2.27. The lowest BCUT2D eigenvalue weighted by atomic mass is 10.2. The summed E-state index contributed by atoms with van der Waals surface area (Å²) in [6, 6.07) is 4.58. The Morgan fingerprint density at radius 1 is 1.33 bits per heavy atom. The van der Waals surface area contributed by atoms with Gasteiger partial charge in [-0.2, -0.15) is 0 Å². The number of hydrogen-bond donors (Lipinski definition) is 0. The van der Waals surface area contributed by atoms with Crippen molar-refractivity contribution in [1.29, 1.82) is 0 Å². The molecule has 0 bridgehead atoms. The van der Waals surface area contributed by atoms with Gasteiger partial charge in [0.15, 0.2) is 5.82 Å². The molecule has 0 saturated carbocycles.